The van der Waals surface area contributed by atoms with E-state index in [1.54, 1.807) is 0 Å². The second-order valence-corrected chi connectivity index (χ2v) is 5.60. The molecule has 22 heavy (non-hydrogen) atoms. The molecular weight excluding hydrogens is 282 g/mol. The van der Waals surface area contributed by atoms with Crippen molar-refractivity contribution in [2.45, 2.75) is 39.2 Å². The van der Waals surface area contributed by atoms with E-state index in [0.717, 1.165) is 24.0 Å². The maximum Gasteiger partial charge on any atom is 0.322 e. The lowest BCUT2D eigenvalue weighted by atomic mass is 10.0. The van der Waals surface area contributed by atoms with E-state index in [9.17, 15) is 4.79 Å². The normalized spacial score (nSPS) is 17.6. The maximum atomic E-state index is 12.1. The van der Waals surface area contributed by atoms with Crippen LogP contribution in [0.1, 0.15) is 41.5 Å². The Bertz CT molecular complexity index is 675. The van der Waals surface area contributed by atoms with E-state index in [1.807, 2.05) is 26.0 Å². The summed E-state index contributed by atoms with van der Waals surface area (Å²) in [5.74, 6) is 0.258. The zero-order valence-electron chi connectivity index (χ0n) is 12.8. The molecule has 3 rings (SSSR count). The van der Waals surface area contributed by atoms with Crippen LogP contribution in [-0.2, 0) is 16.0 Å². The third-order valence-electron chi connectivity index (χ3n) is 3.74. The van der Waals surface area contributed by atoms with Gasteiger partial charge in [0.2, 0.25) is 11.8 Å². The number of aryl methyl sites for hydroxylation is 2. The molecule has 0 bridgehead atoms. The number of nitrogens with one attached hydrogen (secondary N) is 1. The van der Waals surface area contributed by atoms with Gasteiger partial charge < -0.3 is 9.15 Å². The molecule has 1 aliphatic heterocycles. The summed E-state index contributed by atoms with van der Waals surface area (Å²) in [6, 6.07) is 6.15. The van der Waals surface area contributed by atoms with E-state index >= 15 is 0 Å². The minimum Gasteiger partial charge on any atom is -0.405 e. The van der Waals surface area contributed by atoms with Crippen LogP contribution in [0.2, 0.25) is 0 Å². The minimum absolute atomic E-state index is 0.125. The number of aromatic nitrogens is 2. The van der Waals surface area contributed by atoms with Crippen molar-refractivity contribution < 1.29 is 13.9 Å². The summed E-state index contributed by atoms with van der Waals surface area (Å²) in [5.41, 5.74) is 3.27. The molecule has 0 radical (unpaired) electrons. The molecule has 2 heterocycles. The van der Waals surface area contributed by atoms with Crippen molar-refractivity contribution in [1.82, 2.24) is 10.2 Å². The van der Waals surface area contributed by atoms with Crippen LogP contribution in [-0.4, -0.2) is 22.7 Å². The monoisotopic (exact) mass is 301 g/mol. The molecule has 1 aliphatic rings. The first-order valence-electron chi connectivity index (χ1n) is 7.43. The topological polar surface area (TPSA) is 77.2 Å². The van der Waals surface area contributed by atoms with E-state index in [0.29, 0.717) is 12.5 Å². The zero-order chi connectivity index (χ0) is 15.5. The molecule has 1 atom stereocenters. The average Bonchev–Trinajstić information content (AvgIpc) is 3.12. The van der Waals surface area contributed by atoms with E-state index in [4.69, 9.17) is 9.15 Å². The summed E-state index contributed by atoms with van der Waals surface area (Å²) >= 11 is 0. The van der Waals surface area contributed by atoms with Crippen LogP contribution in [0.5, 0.6) is 0 Å². The van der Waals surface area contributed by atoms with E-state index in [-0.39, 0.29) is 24.4 Å². The van der Waals surface area contributed by atoms with Crippen LogP contribution < -0.4 is 5.32 Å². The number of anilines is 1. The number of nitrogens with zero attached hydrogens (tertiary/aromatic N) is 2. The van der Waals surface area contributed by atoms with Gasteiger partial charge in [0.15, 0.2) is 0 Å². The molecule has 0 aliphatic carbocycles. The standard InChI is InChI=1S/C16H19N3O3/c1-10-5-6-12(11(2)8-10)9-14(20)17-16-19-18-15(22-16)13-4-3-7-21-13/h5-6,8,13H,3-4,7,9H2,1-2H3,(H,17,19,20). The summed E-state index contributed by atoms with van der Waals surface area (Å²) < 4.78 is 10.9. The maximum absolute atomic E-state index is 12.1. The summed E-state index contributed by atoms with van der Waals surface area (Å²) in [5, 5.41) is 10.4. The Morgan fingerprint density at radius 2 is 2.23 bits per heavy atom. The average molecular weight is 301 g/mol. The van der Waals surface area contributed by atoms with Crippen molar-refractivity contribution in [3.8, 4) is 0 Å². The van der Waals surface area contributed by atoms with Gasteiger partial charge in [0.05, 0.1) is 6.42 Å². The van der Waals surface area contributed by atoms with Crippen LogP contribution in [0.15, 0.2) is 22.6 Å². The highest BCUT2D eigenvalue weighted by molar-refractivity contribution is 5.90. The third kappa shape index (κ3) is 3.33. The van der Waals surface area contributed by atoms with Gasteiger partial charge in [0.25, 0.3) is 0 Å². The van der Waals surface area contributed by atoms with Crippen molar-refractivity contribution in [3.63, 3.8) is 0 Å². The first kappa shape index (κ1) is 14.7. The van der Waals surface area contributed by atoms with Gasteiger partial charge in [-0.05, 0) is 37.8 Å². The Balaban J connectivity index is 1.61. The molecule has 1 amide bonds. The van der Waals surface area contributed by atoms with Gasteiger partial charge in [-0.1, -0.05) is 28.9 Å². The van der Waals surface area contributed by atoms with Crippen molar-refractivity contribution in [2.24, 2.45) is 0 Å². The lowest BCUT2D eigenvalue weighted by molar-refractivity contribution is -0.115. The second kappa shape index (κ2) is 6.27. The van der Waals surface area contributed by atoms with Gasteiger partial charge in [-0.25, -0.2) is 0 Å². The fourth-order valence-corrected chi connectivity index (χ4v) is 2.57. The minimum atomic E-state index is -0.172. The Morgan fingerprint density at radius 1 is 1.36 bits per heavy atom. The molecule has 116 valence electrons. The molecule has 1 saturated heterocycles. The van der Waals surface area contributed by atoms with E-state index in [1.165, 1.54) is 5.56 Å². The predicted octanol–water partition coefficient (Wildman–Crippen LogP) is 2.72. The molecule has 6 nitrogen and oxygen atoms in total. The molecule has 1 unspecified atom stereocenters. The van der Waals surface area contributed by atoms with Gasteiger partial charge in [-0.2, -0.15) is 0 Å². The highest BCUT2D eigenvalue weighted by atomic mass is 16.5. The SMILES string of the molecule is Cc1ccc(CC(=O)Nc2nnc(C3CCCO3)o2)c(C)c1. The fourth-order valence-electron chi connectivity index (χ4n) is 2.57. The summed E-state index contributed by atoms with van der Waals surface area (Å²) in [4.78, 5) is 12.1. The number of hydrogen-bond acceptors (Lipinski definition) is 5. The van der Waals surface area contributed by atoms with Crippen LogP contribution in [0.25, 0.3) is 0 Å². The number of ether oxygens (including phenoxy) is 1. The number of carbonyl (C=O) groups is 1. The quantitative estimate of drug-likeness (QED) is 0.939. The zero-order valence-corrected chi connectivity index (χ0v) is 12.8. The van der Waals surface area contributed by atoms with Crippen molar-refractivity contribution in [2.75, 3.05) is 11.9 Å². The molecule has 0 saturated carbocycles. The van der Waals surface area contributed by atoms with Gasteiger partial charge in [-0.15, -0.1) is 5.10 Å². The Morgan fingerprint density at radius 3 is 2.95 bits per heavy atom. The molecule has 1 aromatic heterocycles. The molecule has 1 fully saturated rings. The first-order chi connectivity index (χ1) is 10.6. The van der Waals surface area contributed by atoms with Crippen LogP contribution >= 0.6 is 0 Å². The Labute approximate surface area is 128 Å². The lowest BCUT2D eigenvalue weighted by Crippen LogP contribution is -2.15. The molecule has 1 aromatic carbocycles. The smallest absolute Gasteiger partial charge is 0.322 e. The second-order valence-electron chi connectivity index (χ2n) is 5.60. The van der Waals surface area contributed by atoms with E-state index in [2.05, 4.69) is 21.6 Å². The highest BCUT2D eigenvalue weighted by Gasteiger charge is 2.24. The number of amides is 1. The summed E-state index contributed by atoms with van der Waals surface area (Å²) in [6.45, 7) is 4.74. The van der Waals surface area contributed by atoms with Crippen LogP contribution in [0.4, 0.5) is 6.01 Å². The number of benzene rings is 1. The Hall–Kier alpha value is -2.21. The van der Waals surface area contributed by atoms with Gasteiger partial charge in [-0.3, -0.25) is 10.1 Å². The highest BCUT2D eigenvalue weighted by Crippen LogP contribution is 2.28. The molecular formula is C16H19N3O3. The number of hydrogen-bond donors (Lipinski definition) is 1. The molecule has 2 aromatic rings. The summed E-state index contributed by atoms with van der Waals surface area (Å²) in [7, 11) is 0. The lowest BCUT2D eigenvalue weighted by Gasteiger charge is -2.06. The van der Waals surface area contributed by atoms with Crippen LogP contribution in [0.3, 0.4) is 0 Å². The molecule has 1 N–H and O–H groups in total. The third-order valence-corrected chi connectivity index (χ3v) is 3.74. The largest absolute Gasteiger partial charge is 0.405 e. The van der Waals surface area contributed by atoms with E-state index < -0.39 is 0 Å². The Kier molecular flexibility index (Phi) is 4.20. The number of carbonyl (C=O) groups excluding carboxylic acids is 1. The van der Waals surface area contributed by atoms with Crippen LogP contribution in [0, 0.1) is 13.8 Å². The number of rotatable bonds is 4. The van der Waals surface area contributed by atoms with Gasteiger partial charge >= 0.3 is 6.01 Å². The van der Waals surface area contributed by atoms with Crippen molar-refractivity contribution in [1.29, 1.82) is 0 Å². The van der Waals surface area contributed by atoms with Gasteiger partial charge in [0.1, 0.15) is 6.10 Å². The molecule has 6 heteroatoms. The summed E-state index contributed by atoms with van der Waals surface area (Å²) in [6.07, 6.45) is 2.00. The predicted molar refractivity (Wildman–Crippen MR) is 80.5 cm³/mol. The first-order valence-corrected chi connectivity index (χ1v) is 7.43. The van der Waals surface area contributed by atoms with Crippen molar-refractivity contribution in [3.05, 3.63) is 40.8 Å². The fraction of sp³-hybridized carbons (Fsp3) is 0.438. The van der Waals surface area contributed by atoms with Crippen molar-refractivity contribution >= 4 is 11.9 Å². The van der Waals surface area contributed by atoms with Gasteiger partial charge in [0, 0.05) is 6.61 Å². The molecule has 0 spiro atoms.